The number of hydrogen-bond acceptors (Lipinski definition) is 3. The second-order valence-electron chi connectivity index (χ2n) is 15.7. The SMILES string of the molecule is CO[C@H]1CC[C@@]2(C)[C@@H](CC[C@@]3(C)CC4=CC[C@@H]5C(C)(C)[C@H](OC(C)=O)CC[C@]5(C)[C@@H]4CC[C@@H]32)C1(C)C. The van der Waals surface area contributed by atoms with Gasteiger partial charge in [0.1, 0.15) is 6.10 Å². The fraction of sp³-hybridized carbons (Fsp3) is 0.909. The maximum absolute atomic E-state index is 11.9. The molecule has 5 aliphatic carbocycles. The normalized spacial score (nSPS) is 49.3. The highest BCUT2D eigenvalue weighted by atomic mass is 16.5. The van der Waals surface area contributed by atoms with Crippen molar-refractivity contribution in [3.05, 3.63) is 11.6 Å². The van der Waals surface area contributed by atoms with Crippen molar-refractivity contribution in [2.75, 3.05) is 7.11 Å². The van der Waals surface area contributed by atoms with Gasteiger partial charge in [-0.3, -0.25) is 4.79 Å². The Labute approximate surface area is 221 Å². The highest BCUT2D eigenvalue weighted by Crippen LogP contribution is 2.70. The van der Waals surface area contributed by atoms with E-state index in [4.69, 9.17) is 9.47 Å². The zero-order chi connectivity index (χ0) is 26.3. The minimum Gasteiger partial charge on any atom is -0.462 e. The summed E-state index contributed by atoms with van der Waals surface area (Å²) in [4.78, 5) is 11.9. The molecule has 3 nitrogen and oxygen atoms in total. The molecule has 204 valence electrons. The molecule has 0 saturated heterocycles. The molecule has 0 heterocycles. The van der Waals surface area contributed by atoms with Gasteiger partial charge in [-0.1, -0.05) is 60.1 Å². The minimum absolute atomic E-state index is 0.0172. The quantitative estimate of drug-likeness (QED) is 0.283. The average molecular weight is 499 g/mol. The van der Waals surface area contributed by atoms with E-state index in [0.29, 0.717) is 34.2 Å². The van der Waals surface area contributed by atoms with Crippen molar-refractivity contribution < 1.29 is 14.3 Å². The second kappa shape index (κ2) is 8.59. The van der Waals surface area contributed by atoms with E-state index >= 15 is 0 Å². The highest BCUT2D eigenvalue weighted by Gasteiger charge is 2.63. The zero-order valence-electron chi connectivity index (χ0n) is 24.8. The minimum atomic E-state index is -0.121. The molecule has 0 spiro atoms. The predicted molar refractivity (Wildman–Crippen MR) is 146 cm³/mol. The Kier molecular flexibility index (Phi) is 6.38. The third kappa shape index (κ3) is 3.71. The van der Waals surface area contributed by atoms with Crippen molar-refractivity contribution in [1.82, 2.24) is 0 Å². The van der Waals surface area contributed by atoms with Crippen molar-refractivity contribution in [3.63, 3.8) is 0 Å². The molecule has 0 N–H and O–H groups in total. The molecule has 0 radical (unpaired) electrons. The Morgan fingerprint density at radius 2 is 1.42 bits per heavy atom. The summed E-state index contributed by atoms with van der Waals surface area (Å²) in [5.41, 5.74) is 3.18. The number of esters is 1. The van der Waals surface area contributed by atoms with Crippen molar-refractivity contribution in [2.45, 2.75) is 132 Å². The maximum Gasteiger partial charge on any atom is 0.302 e. The number of allylic oxidation sites excluding steroid dienone is 2. The topological polar surface area (TPSA) is 35.5 Å². The van der Waals surface area contributed by atoms with Crippen LogP contribution in [0.15, 0.2) is 11.6 Å². The summed E-state index contributed by atoms with van der Waals surface area (Å²) >= 11 is 0. The van der Waals surface area contributed by atoms with Gasteiger partial charge in [-0.05, 0) is 110 Å². The Bertz CT molecular complexity index is 916. The largest absolute Gasteiger partial charge is 0.462 e. The van der Waals surface area contributed by atoms with Crippen molar-refractivity contribution in [3.8, 4) is 0 Å². The van der Waals surface area contributed by atoms with Crippen molar-refractivity contribution >= 4 is 5.97 Å². The number of ether oxygens (including phenoxy) is 2. The molecule has 0 amide bonds. The first kappa shape index (κ1) is 26.8. The van der Waals surface area contributed by atoms with E-state index in [9.17, 15) is 4.79 Å². The third-order valence-electron chi connectivity index (χ3n) is 13.4. The molecule has 4 saturated carbocycles. The second-order valence-corrected chi connectivity index (χ2v) is 15.7. The summed E-state index contributed by atoms with van der Waals surface area (Å²) < 4.78 is 11.9. The van der Waals surface area contributed by atoms with Crippen LogP contribution in [0, 0.1) is 50.7 Å². The molecule has 0 bridgehead atoms. The van der Waals surface area contributed by atoms with Gasteiger partial charge in [0, 0.05) is 19.4 Å². The van der Waals surface area contributed by atoms with Gasteiger partial charge in [0.05, 0.1) is 6.10 Å². The first-order valence-corrected chi connectivity index (χ1v) is 15.1. The summed E-state index contributed by atoms with van der Waals surface area (Å²) in [5, 5.41) is 0. The number of hydrogen-bond donors (Lipinski definition) is 0. The van der Waals surface area contributed by atoms with Gasteiger partial charge in [0.15, 0.2) is 0 Å². The van der Waals surface area contributed by atoms with Gasteiger partial charge >= 0.3 is 5.97 Å². The lowest BCUT2D eigenvalue weighted by atomic mass is 9.42. The van der Waals surface area contributed by atoms with Crippen molar-refractivity contribution in [2.24, 2.45) is 50.7 Å². The van der Waals surface area contributed by atoms with Crippen LogP contribution >= 0.6 is 0 Å². The first-order valence-electron chi connectivity index (χ1n) is 15.1. The summed E-state index contributed by atoms with van der Waals surface area (Å²) in [7, 11) is 1.93. The molecule has 9 atom stereocenters. The Balaban J connectivity index is 1.46. The number of carbonyl (C=O) groups excluding carboxylic acids is 1. The number of carbonyl (C=O) groups is 1. The van der Waals surface area contributed by atoms with E-state index in [2.05, 4.69) is 54.5 Å². The summed E-state index contributed by atoms with van der Waals surface area (Å²) in [5.74, 6) is 2.67. The summed E-state index contributed by atoms with van der Waals surface area (Å²) in [6.07, 6.45) is 15.7. The summed E-state index contributed by atoms with van der Waals surface area (Å²) in [6.45, 7) is 19.3. The monoisotopic (exact) mass is 498 g/mol. The predicted octanol–water partition coefficient (Wildman–Crippen LogP) is 8.36. The van der Waals surface area contributed by atoms with Crippen LogP contribution in [-0.4, -0.2) is 25.3 Å². The maximum atomic E-state index is 11.9. The lowest BCUT2D eigenvalue weighted by molar-refractivity contribution is -0.178. The molecule has 0 aromatic heterocycles. The zero-order valence-corrected chi connectivity index (χ0v) is 24.8. The van der Waals surface area contributed by atoms with Crippen LogP contribution in [0.25, 0.3) is 0 Å². The molecule has 0 aliphatic heterocycles. The average Bonchev–Trinajstić information content (AvgIpc) is 2.92. The fourth-order valence-electron chi connectivity index (χ4n) is 11.7. The molecule has 0 aromatic carbocycles. The molecule has 0 unspecified atom stereocenters. The molecule has 0 aromatic rings. The molecular weight excluding hydrogens is 444 g/mol. The van der Waals surface area contributed by atoms with E-state index in [1.54, 1.807) is 12.5 Å². The molecule has 5 aliphatic rings. The highest BCUT2D eigenvalue weighted by molar-refractivity contribution is 5.66. The van der Waals surface area contributed by atoms with E-state index in [1.807, 2.05) is 7.11 Å². The smallest absolute Gasteiger partial charge is 0.302 e. The molecular formula is C33H54O3. The van der Waals surface area contributed by atoms with Crippen LogP contribution < -0.4 is 0 Å². The Morgan fingerprint density at radius 1 is 0.778 bits per heavy atom. The number of fused-ring (bicyclic) bond motifs is 6. The van der Waals surface area contributed by atoms with Crippen LogP contribution in [-0.2, 0) is 14.3 Å². The van der Waals surface area contributed by atoms with Crippen LogP contribution in [0.5, 0.6) is 0 Å². The Hall–Kier alpha value is -0.830. The van der Waals surface area contributed by atoms with E-state index in [1.165, 1.54) is 51.4 Å². The van der Waals surface area contributed by atoms with Gasteiger partial charge < -0.3 is 9.47 Å². The third-order valence-corrected chi connectivity index (χ3v) is 13.4. The van der Waals surface area contributed by atoms with Crippen LogP contribution in [0.4, 0.5) is 0 Å². The standard InChI is InChI=1S/C33H54O3/c1-21(34)36-28-16-18-32(7)23-11-13-26-31(6,20-22(23)10-12-24(32)30(28,4)5)17-14-25-29(2,3)27(35-9)15-19-33(25,26)8/h10,23-28H,11-20H2,1-9H3/t23-,24-,25+,26+,27+,28-,31+,32-,33+/m1/s1. The molecule has 3 heteroatoms. The van der Waals surface area contributed by atoms with E-state index in [0.717, 1.165) is 24.7 Å². The molecule has 36 heavy (non-hydrogen) atoms. The number of methoxy groups -OCH3 is 1. The van der Waals surface area contributed by atoms with Gasteiger partial charge in [-0.15, -0.1) is 0 Å². The van der Waals surface area contributed by atoms with Crippen LogP contribution in [0.2, 0.25) is 0 Å². The lowest BCUT2D eigenvalue weighted by Gasteiger charge is -2.64. The van der Waals surface area contributed by atoms with Crippen LogP contribution in [0.1, 0.15) is 120 Å². The van der Waals surface area contributed by atoms with Gasteiger partial charge in [-0.2, -0.15) is 0 Å². The van der Waals surface area contributed by atoms with E-state index in [-0.39, 0.29) is 22.9 Å². The number of rotatable bonds is 2. The van der Waals surface area contributed by atoms with Gasteiger partial charge in [-0.25, -0.2) is 0 Å². The molecule has 4 fully saturated rings. The lowest BCUT2D eigenvalue weighted by Crippen LogP contribution is -2.58. The van der Waals surface area contributed by atoms with Crippen molar-refractivity contribution in [1.29, 1.82) is 0 Å². The van der Waals surface area contributed by atoms with E-state index < -0.39 is 0 Å². The van der Waals surface area contributed by atoms with Crippen LogP contribution in [0.3, 0.4) is 0 Å². The fourth-order valence-corrected chi connectivity index (χ4v) is 11.7. The van der Waals surface area contributed by atoms with Gasteiger partial charge in [0.25, 0.3) is 0 Å². The van der Waals surface area contributed by atoms with Gasteiger partial charge in [0.2, 0.25) is 0 Å². The Morgan fingerprint density at radius 3 is 2.08 bits per heavy atom. The molecule has 5 rings (SSSR count). The summed E-state index contributed by atoms with van der Waals surface area (Å²) in [6, 6.07) is 0. The first-order chi connectivity index (χ1) is 16.7.